The first kappa shape index (κ1) is 10.3. The molecule has 1 heteroatoms. The zero-order valence-corrected chi connectivity index (χ0v) is 9.16. The van der Waals surface area contributed by atoms with Crippen molar-refractivity contribution in [1.29, 1.82) is 0 Å². The lowest BCUT2D eigenvalue weighted by Crippen LogP contribution is -1.89. The van der Waals surface area contributed by atoms with E-state index in [1.807, 2.05) is 11.3 Å². The number of hydrogen-bond acceptors (Lipinski definition) is 1. The van der Waals surface area contributed by atoms with E-state index in [0.717, 1.165) is 18.8 Å². The Morgan fingerprint density at radius 3 is 2.69 bits per heavy atom. The third-order valence-electron chi connectivity index (χ3n) is 1.84. The highest BCUT2D eigenvalue weighted by molar-refractivity contribution is 7.11. The minimum Gasteiger partial charge on any atom is -0.145 e. The van der Waals surface area contributed by atoms with Crippen molar-refractivity contribution in [3.8, 4) is 12.3 Å². The van der Waals surface area contributed by atoms with Crippen LogP contribution in [-0.2, 0) is 12.8 Å². The molecule has 0 fully saturated rings. The quantitative estimate of drug-likeness (QED) is 0.640. The second-order valence-corrected chi connectivity index (χ2v) is 4.92. The van der Waals surface area contributed by atoms with Gasteiger partial charge >= 0.3 is 0 Å². The van der Waals surface area contributed by atoms with E-state index in [9.17, 15) is 0 Å². The summed E-state index contributed by atoms with van der Waals surface area (Å²) in [5, 5.41) is 0. The monoisotopic (exact) mass is 192 g/mol. The van der Waals surface area contributed by atoms with Crippen molar-refractivity contribution in [2.45, 2.75) is 33.1 Å². The summed E-state index contributed by atoms with van der Waals surface area (Å²) in [7, 11) is 0. The van der Waals surface area contributed by atoms with Crippen LogP contribution in [0.5, 0.6) is 0 Å². The van der Waals surface area contributed by atoms with Crippen molar-refractivity contribution >= 4 is 11.3 Å². The predicted octanol–water partition coefficient (Wildman–Crippen LogP) is 3.51. The molecule has 0 bridgehead atoms. The minimum atomic E-state index is 0.749. The number of terminal acetylenes is 1. The van der Waals surface area contributed by atoms with Crippen molar-refractivity contribution in [2.75, 3.05) is 0 Å². The molecule has 70 valence electrons. The molecule has 13 heavy (non-hydrogen) atoms. The Morgan fingerprint density at radius 1 is 1.38 bits per heavy atom. The van der Waals surface area contributed by atoms with Crippen molar-refractivity contribution in [1.82, 2.24) is 0 Å². The van der Waals surface area contributed by atoms with Gasteiger partial charge < -0.3 is 0 Å². The summed E-state index contributed by atoms with van der Waals surface area (Å²) < 4.78 is 0. The van der Waals surface area contributed by atoms with E-state index in [-0.39, 0.29) is 0 Å². The number of thiophene rings is 1. The van der Waals surface area contributed by atoms with E-state index in [1.165, 1.54) is 16.2 Å². The van der Waals surface area contributed by atoms with Crippen LogP contribution in [-0.4, -0.2) is 0 Å². The Kier molecular flexibility index (Phi) is 4.05. The summed E-state index contributed by atoms with van der Waals surface area (Å²) >= 11 is 1.91. The molecular weight excluding hydrogens is 176 g/mol. The SMILES string of the molecule is C#CCCc1ccc(CC(C)C)s1. The first-order valence-corrected chi connectivity index (χ1v) is 5.55. The van der Waals surface area contributed by atoms with Gasteiger partial charge in [0.25, 0.3) is 0 Å². The normalized spacial score (nSPS) is 10.3. The fourth-order valence-corrected chi connectivity index (χ4v) is 2.49. The highest BCUT2D eigenvalue weighted by Crippen LogP contribution is 2.20. The molecule has 0 radical (unpaired) electrons. The molecule has 0 unspecified atom stereocenters. The molecular formula is C12H16S. The average Bonchev–Trinajstić information content (AvgIpc) is 2.48. The molecule has 0 aromatic carbocycles. The van der Waals surface area contributed by atoms with Gasteiger partial charge in [-0.3, -0.25) is 0 Å². The van der Waals surface area contributed by atoms with Gasteiger partial charge in [0, 0.05) is 16.2 Å². The molecule has 0 spiro atoms. The molecule has 0 amide bonds. The first-order chi connectivity index (χ1) is 6.22. The van der Waals surface area contributed by atoms with E-state index in [2.05, 4.69) is 31.9 Å². The van der Waals surface area contributed by atoms with Crippen LogP contribution in [0, 0.1) is 18.3 Å². The van der Waals surface area contributed by atoms with Gasteiger partial charge in [-0.1, -0.05) is 13.8 Å². The highest BCUT2D eigenvalue weighted by Gasteiger charge is 2.01. The highest BCUT2D eigenvalue weighted by atomic mass is 32.1. The summed E-state index contributed by atoms with van der Waals surface area (Å²) in [4.78, 5) is 2.91. The van der Waals surface area contributed by atoms with Gasteiger partial charge in [0.15, 0.2) is 0 Å². The second-order valence-electron chi connectivity index (χ2n) is 3.67. The van der Waals surface area contributed by atoms with Crippen LogP contribution in [0.15, 0.2) is 12.1 Å². The Balaban J connectivity index is 2.49. The van der Waals surface area contributed by atoms with Gasteiger partial charge in [-0.15, -0.1) is 23.7 Å². The molecule has 0 aliphatic rings. The molecule has 0 atom stereocenters. The van der Waals surface area contributed by atoms with Gasteiger partial charge in [-0.05, 0) is 30.9 Å². The van der Waals surface area contributed by atoms with Gasteiger partial charge in [-0.25, -0.2) is 0 Å². The van der Waals surface area contributed by atoms with E-state index < -0.39 is 0 Å². The molecule has 1 aromatic rings. The summed E-state index contributed by atoms with van der Waals surface area (Å²) in [6.07, 6.45) is 8.32. The maximum Gasteiger partial charge on any atom is 0.0134 e. The summed E-state index contributed by atoms with van der Waals surface area (Å²) in [5.74, 6) is 3.42. The summed E-state index contributed by atoms with van der Waals surface area (Å²) in [6.45, 7) is 4.50. The van der Waals surface area contributed by atoms with Gasteiger partial charge in [0.1, 0.15) is 0 Å². The zero-order chi connectivity index (χ0) is 9.68. The maximum absolute atomic E-state index is 5.22. The fourth-order valence-electron chi connectivity index (χ4n) is 1.26. The third-order valence-corrected chi connectivity index (χ3v) is 3.01. The zero-order valence-electron chi connectivity index (χ0n) is 8.34. The topological polar surface area (TPSA) is 0 Å². The smallest absolute Gasteiger partial charge is 0.0134 e. The summed E-state index contributed by atoms with van der Waals surface area (Å²) in [6, 6.07) is 4.44. The van der Waals surface area contributed by atoms with E-state index in [4.69, 9.17) is 6.42 Å². The lowest BCUT2D eigenvalue weighted by Gasteiger charge is -1.99. The average molecular weight is 192 g/mol. The van der Waals surface area contributed by atoms with Gasteiger partial charge in [-0.2, -0.15) is 0 Å². The van der Waals surface area contributed by atoms with E-state index >= 15 is 0 Å². The molecule has 1 aromatic heterocycles. The number of aryl methyl sites for hydroxylation is 1. The van der Waals surface area contributed by atoms with Crippen LogP contribution in [0.25, 0.3) is 0 Å². The van der Waals surface area contributed by atoms with E-state index in [1.54, 1.807) is 0 Å². The molecule has 0 saturated heterocycles. The van der Waals surface area contributed by atoms with Crippen LogP contribution < -0.4 is 0 Å². The standard InChI is InChI=1S/C12H16S/c1-4-5-6-11-7-8-12(13-11)9-10(2)3/h1,7-8,10H,5-6,9H2,2-3H3. The first-order valence-electron chi connectivity index (χ1n) is 4.73. The number of hydrogen-bond donors (Lipinski definition) is 0. The molecule has 1 rings (SSSR count). The Hall–Kier alpha value is -0.740. The molecule has 0 N–H and O–H groups in total. The summed E-state index contributed by atoms with van der Waals surface area (Å²) in [5.41, 5.74) is 0. The molecule has 0 saturated carbocycles. The molecule has 0 nitrogen and oxygen atoms in total. The van der Waals surface area contributed by atoms with Crippen LogP contribution in [0.1, 0.15) is 30.0 Å². The Bertz CT molecular complexity index is 288. The van der Waals surface area contributed by atoms with Crippen LogP contribution in [0.3, 0.4) is 0 Å². The molecule has 0 aliphatic heterocycles. The second kappa shape index (κ2) is 5.09. The minimum absolute atomic E-state index is 0.749. The lowest BCUT2D eigenvalue weighted by molar-refractivity contribution is 0.654. The molecule has 1 heterocycles. The predicted molar refractivity (Wildman–Crippen MR) is 60.0 cm³/mol. The van der Waals surface area contributed by atoms with Crippen LogP contribution in [0.4, 0.5) is 0 Å². The Morgan fingerprint density at radius 2 is 2.08 bits per heavy atom. The van der Waals surface area contributed by atoms with Crippen molar-refractivity contribution in [3.63, 3.8) is 0 Å². The van der Waals surface area contributed by atoms with E-state index in [0.29, 0.717) is 0 Å². The maximum atomic E-state index is 5.22. The molecule has 0 aliphatic carbocycles. The van der Waals surface area contributed by atoms with Crippen molar-refractivity contribution < 1.29 is 0 Å². The Labute approximate surface area is 85.0 Å². The van der Waals surface area contributed by atoms with Crippen LogP contribution >= 0.6 is 11.3 Å². The van der Waals surface area contributed by atoms with Crippen molar-refractivity contribution in [2.24, 2.45) is 5.92 Å². The lowest BCUT2D eigenvalue weighted by atomic mass is 10.1. The van der Waals surface area contributed by atoms with Crippen molar-refractivity contribution in [3.05, 3.63) is 21.9 Å². The van der Waals surface area contributed by atoms with Crippen LogP contribution in [0.2, 0.25) is 0 Å². The van der Waals surface area contributed by atoms with Gasteiger partial charge in [0.2, 0.25) is 0 Å². The third kappa shape index (κ3) is 3.65. The van der Waals surface area contributed by atoms with Gasteiger partial charge in [0.05, 0.1) is 0 Å². The fraction of sp³-hybridized carbons (Fsp3) is 0.500. The largest absolute Gasteiger partial charge is 0.145 e. The number of rotatable bonds is 4.